The summed E-state index contributed by atoms with van der Waals surface area (Å²) in [5.41, 5.74) is 0.905. The molecule has 1 aliphatic rings. The van der Waals surface area contributed by atoms with Crippen molar-refractivity contribution in [3.8, 4) is 17.2 Å². The van der Waals surface area contributed by atoms with Crippen LogP contribution in [-0.4, -0.2) is 26.9 Å². The molecular weight excluding hydrogens is 290 g/mol. The molecule has 5 nitrogen and oxygen atoms in total. The highest BCUT2D eigenvalue weighted by molar-refractivity contribution is 9.10. The Balaban J connectivity index is 2.45. The van der Waals surface area contributed by atoms with Crippen LogP contribution in [0.25, 0.3) is 0 Å². The van der Waals surface area contributed by atoms with Gasteiger partial charge in [-0.2, -0.15) is 0 Å². The van der Waals surface area contributed by atoms with Gasteiger partial charge in [-0.15, -0.1) is 0 Å². The van der Waals surface area contributed by atoms with E-state index in [-0.39, 0.29) is 0 Å². The molecule has 1 aromatic carbocycles. The van der Waals surface area contributed by atoms with Crippen molar-refractivity contribution in [2.75, 3.05) is 26.9 Å². The van der Waals surface area contributed by atoms with Crippen LogP contribution in [0.4, 0.5) is 0 Å². The molecule has 0 amide bonds. The van der Waals surface area contributed by atoms with Crippen molar-refractivity contribution in [1.82, 2.24) is 0 Å². The second kappa shape index (κ2) is 5.57. The minimum absolute atomic E-state index is 0.391. The third-order valence-corrected chi connectivity index (χ3v) is 3.10. The third kappa shape index (κ3) is 2.48. The number of fused-ring (bicyclic) bond motifs is 1. The van der Waals surface area contributed by atoms with Crippen LogP contribution in [0, 0.1) is 0 Å². The van der Waals surface area contributed by atoms with Gasteiger partial charge in [-0.1, -0.05) is 0 Å². The van der Waals surface area contributed by atoms with Crippen LogP contribution in [0.1, 0.15) is 5.56 Å². The molecule has 1 aliphatic heterocycles. The topological polar surface area (TPSA) is 62.9 Å². The summed E-state index contributed by atoms with van der Waals surface area (Å²) in [4.78, 5) is 4.61. The second-order valence-electron chi connectivity index (χ2n) is 3.52. The molecule has 0 spiro atoms. The molecule has 2 N–H and O–H groups in total. The molecule has 0 aromatic heterocycles. The summed E-state index contributed by atoms with van der Waals surface area (Å²) in [6, 6.07) is 1.85. The summed E-state index contributed by atoms with van der Waals surface area (Å²) < 4.78 is 17.4. The Labute approximate surface area is 108 Å². The Bertz CT molecular complexity index is 411. The van der Waals surface area contributed by atoms with Crippen molar-refractivity contribution in [3.63, 3.8) is 0 Å². The zero-order chi connectivity index (χ0) is 12.3. The van der Waals surface area contributed by atoms with Crippen molar-refractivity contribution < 1.29 is 19.0 Å². The Morgan fingerprint density at radius 3 is 2.88 bits per heavy atom. The van der Waals surface area contributed by atoms with E-state index in [1.165, 1.54) is 0 Å². The van der Waals surface area contributed by atoms with Gasteiger partial charge in [0.2, 0.25) is 0 Å². The Morgan fingerprint density at radius 2 is 2.18 bits per heavy atom. The summed E-state index contributed by atoms with van der Waals surface area (Å²) in [6.45, 7) is 1.48. The van der Waals surface area contributed by atoms with Gasteiger partial charge in [-0.25, -0.2) is 5.90 Å². The van der Waals surface area contributed by atoms with Crippen LogP contribution in [0.15, 0.2) is 10.5 Å². The normalized spacial score (nSPS) is 13.6. The van der Waals surface area contributed by atoms with Crippen LogP contribution in [0.3, 0.4) is 0 Å². The minimum Gasteiger partial charge on any atom is -0.495 e. The maximum absolute atomic E-state index is 5.63. The maximum atomic E-state index is 5.63. The molecule has 0 saturated heterocycles. The van der Waals surface area contributed by atoms with Crippen molar-refractivity contribution in [2.24, 2.45) is 5.90 Å². The fourth-order valence-corrected chi connectivity index (χ4v) is 2.42. The van der Waals surface area contributed by atoms with Crippen LogP contribution in [0.2, 0.25) is 0 Å². The molecule has 0 unspecified atom stereocenters. The van der Waals surface area contributed by atoms with Crippen LogP contribution < -0.4 is 20.1 Å². The van der Waals surface area contributed by atoms with Gasteiger partial charge in [-0.3, -0.25) is 0 Å². The first kappa shape index (κ1) is 12.5. The number of rotatable bonds is 4. The predicted octanol–water partition coefficient (Wildman–Crippen LogP) is 1.66. The lowest BCUT2D eigenvalue weighted by Crippen LogP contribution is -2.18. The van der Waals surface area contributed by atoms with E-state index >= 15 is 0 Å². The lowest BCUT2D eigenvalue weighted by molar-refractivity contribution is 0.137. The van der Waals surface area contributed by atoms with Gasteiger partial charge in [0.1, 0.15) is 19.0 Å². The van der Waals surface area contributed by atoms with Crippen LogP contribution in [0.5, 0.6) is 17.2 Å². The Hall–Kier alpha value is -0.980. The fourth-order valence-electron chi connectivity index (χ4n) is 1.81. The Kier molecular flexibility index (Phi) is 4.09. The molecule has 1 heterocycles. The summed E-state index contributed by atoms with van der Waals surface area (Å²) in [7, 11) is 1.61. The van der Waals surface area contributed by atoms with E-state index in [9.17, 15) is 0 Å². The van der Waals surface area contributed by atoms with E-state index in [1.807, 2.05) is 6.07 Å². The van der Waals surface area contributed by atoms with Crippen molar-refractivity contribution >= 4 is 15.9 Å². The molecule has 0 saturated carbocycles. The SMILES string of the molecule is COc1c(Br)cc2c(c1CCON)OCCO2. The number of hydrogen-bond donors (Lipinski definition) is 1. The molecule has 17 heavy (non-hydrogen) atoms. The molecular formula is C11H14BrNO4. The number of hydrogen-bond acceptors (Lipinski definition) is 5. The lowest BCUT2D eigenvalue weighted by Gasteiger charge is -2.23. The lowest BCUT2D eigenvalue weighted by atomic mass is 10.1. The van der Waals surface area contributed by atoms with Crippen molar-refractivity contribution in [1.29, 1.82) is 0 Å². The van der Waals surface area contributed by atoms with Gasteiger partial charge in [-0.05, 0) is 15.9 Å². The van der Waals surface area contributed by atoms with E-state index in [4.69, 9.17) is 20.1 Å². The molecule has 0 fully saturated rings. The van der Waals surface area contributed by atoms with Gasteiger partial charge in [0.25, 0.3) is 0 Å². The standard InChI is InChI=1S/C11H14BrNO4/c1-14-10-7(2-3-17-13)11-9(6-8(10)12)15-4-5-16-11/h6H,2-5,13H2,1H3. The highest BCUT2D eigenvalue weighted by Crippen LogP contribution is 2.44. The molecule has 0 radical (unpaired) electrons. The molecule has 94 valence electrons. The third-order valence-electron chi connectivity index (χ3n) is 2.51. The van der Waals surface area contributed by atoms with E-state index < -0.39 is 0 Å². The van der Waals surface area contributed by atoms with E-state index in [2.05, 4.69) is 20.8 Å². The average molecular weight is 304 g/mol. The Morgan fingerprint density at radius 1 is 1.41 bits per heavy atom. The number of halogens is 1. The van der Waals surface area contributed by atoms with E-state index in [0.717, 1.165) is 21.5 Å². The van der Waals surface area contributed by atoms with Gasteiger partial charge >= 0.3 is 0 Å². The largest absolute Gasteiger partial charge is 0.495 e. The zero-order valence-electron chi connectivity index (χ0n) is 9.49. The highest BCUT2D eigenvalue weighted by atomic mass is 79.9. The van der Waals surface area contributed by atoms with E-state index in [0.29, 0.717) is 32.0 Å². The summed E-state index contributed by atoms with van der Waals surface area (Å²) >= 11 is 3.45. The minimum atomic E-state index is 0.391. The van der Waals surface area contributed by atoms with E-state index in [1.54, 1.807) is 7.11 Å². The fraction of sp³-hybridized carbons (Fsp3) is 0.455. The quantitative estimate of drug-likeness (QED) is 0.857. The first-order chi connectivity index (χ1) is 8.27. The molecule has 1 aromatic rings. The number of benzene rings is 1. The van der Waals surface area contributed by atoms with Gasteiger partial charge in [0.05, 0.1) is 18.2 Å². The first-order valence-electron chi connectivity index (χ1n) is 5.24. The first-order valence-corrected chi connectivity index (χ1v) is 6.04. The molecule has 0 atom stereocenters. The molecule has 6 heteroatoms. The molecule has 0 aliphatic carbocycles. The number of nitrogens with two attached hydrogens (primary N) is 1. The van der Waals surface area contributed by atoms with Gasteiger partial charge in [0, 0.05) is 18.1 Å². The maximum Gasteiger partial charge on any atom is 0.168 e. The van der Waals surface area contributed by atoms with Crippen molar-refractivity contribution in [2.45, 2.75) is 6.42 Å². The number of methoxy groups -OCH3 is 1. The predicted molar refractivity (Wildman–Crippen MR) is 65.5 cm³/mol. The summed E-state index contributed by atoms with van der Waals surface area (Å²) in [5, 5.41) is 0. The van der Waals surface area contributed by atoms with Gasteiger partial charge in [0.15, 0.2) is 11.5 Å². The zero-order valence-corrected chi connectivity index (χ0v) is 11.1. The summed E-state index contributed by atoms with van der Waals surface area (Å²) in [5.74, 6) is 7.22. The molecule has 2 rings (SSSR count). The van der Waals surface area contributed by atoms with Gasteiger partial charge < -0.3 is 19.0 Å². The van der Waals surface area contributed by atoms with Crippen molar-refractivity contribution in [3.05, 3.63) is 16.1 Å². The smallest absolute Gasteiger partial charge is 0.168 e. The van der Waals surface area contributed by atoms with Crippen LogP contribution in [-0.2, 0) is 11.3 Å². The second-order valence-corrected chi connectivity index (χ2v) is 4.37. The monoisotopic (exact) mass is 303 g/mol. The van der Waals surface area contributed by atoms with Crippen LogP contribution >= 0.6 is 15.9 Å². The number of ether oxygens (including phenoxy) is 3. The molecule has 0 bridgehead atoms. The highest BCUT2D eigenvalue weighted by Gasteiger charge is 2.22. The average Bonchev–Trinajstić information content (AvgIpc) is 2.35. The summed E-state index contributed by atoms with van der Waals surface area (Å²) in [6.07, 6.45) is 0.602.